The Morgan fingerprint density at radius 1 is 1.69 bits per heavy atom. The Morgan fingerprint density at radius 3 is 2.75 bits per heavy atom. The molecule has 1 rings (SSSR count). The molecule has 0 aliphatic rings. The fourth-order valence-corrected chi connectivity index (χ4v) is 1.75. The predicted molar refractivity (Wildman–Crippen MR) is 54.8 cm³/mol. The number of alkyl halides is 3. The van der Waals surface area contributed by atoms with Crippen LogP contribution in [0.3, 0.4) is 0 Å². The van der Waals surface area contributed by atoms with E-state index in [-0.39, 0.29) is 16.6 Å². The summed E-state index contributed by atoms with van der Waals surface area (Å²) in [6.07, 6.45) is -2.03. The number of methoxy groups -OCH3 is 1. The molecule has 0 bridgehead atoms. The van der Waals surface area contributed by atoms with Gasteiger partial charge in [0.1, 0.15) is 11.4 Å². The van der Waals surface area contributed by atoms with Crippen molar-refractivity contribution >= 4 is 21.9 Å². The van der Waals surface area contributed by atoms with Gasteiger partial charge in [-0.05, 0) is 0 Å². The molecule has 16 heavy (non-hydrogen) atoms. The third-order valence-corrected chi connectivity index (χ3v) is 2.48. The predicted octanol–water partition coefficient (Wildman–Crippen LogP) is 2.41. The lowest BCUT2D eigenvalue weighted by Crippen LogP contribution is -2.11. The molecule has 0 aliphatic heterocycles. The van der Waals surface area contributed by atoms with Crippen molar-refractivity contribution in [3.05, 3.63) is 23.0 Å². The number of aromatic nitrogens is 1. The first-order chi connectivity index (χ1) is 7.52. The lowest BCUT2D eigenvalue weighted by molar-refractivity contribution is 0.0585. The third-order valence-electron chi connectivity index (χ3n) is 1.92. The summed E-state index contributed by atoms with van der Waals surface area (Å²) in [4.78, 5) is 14.7. The van der Waals surface area contributed by atoms with Crippen LogP contribution in [0.15, 0.2) is 6.20 Å². The van der Waals surface area contributed by atoms with Gasteiger partial charge in [0.15, 0.2) is 0 Å². The second-order valence-corrected chi connectivity index (χ2v) is 3.37. The molecule has 0 radical (unpaired) electrons. The number of carbonyl (C=O) groups excluding carboxylic acids is 1. The molecule has 0 aliphatic carbocycles. The van der Waals surface area contributed by atoms with E-state index in [0.717, 1.165) is 13.3 Å². The Bertz CT molecular complexity index is 412. The first kappa shape index (κ1) is 12.8. The molecule has 88 valence electrons. The normalized spacial score (nSPS) is 10.6. The number of hydrogen-bond donors (Lipinski definition) is 1. The number of rotatable bonds is 3. The third kappa shape index (κ3) is 2.29. The van der Waals surface area contributed by atoms with Crippen LogP contribution in [0.5, 0.6) is 5.75 Å². The fraction of sp³-hybridized carbons (Fsp3) is 0.333. The number of ether oxygens (including phenoxy) is 1. The van der Waals surface area contributed by atoms with E-state index in [9.17, 15) is 18.7 Å². The molecule has 0 unspecified atom stereocenters. The summed E-state index contributed by atoms with van der Waals surface area (Å²) in [5, 5.41) is 9.44. The van der Waals surface area contributed by atoms with Gasteiger partial charge in [0.25, 0.3) is 6.43 Å². The molecule has 0 atom stereocenters. The maximum absolute atomic E-state index is 12.6. The van der Waals surface area contributed by atoms with Crippen LogP contribution >= 0.6 is 15.9 Å². The van der Waals surface area contributed by atoms with Crippen molar-refractivity contribution in [3.63, 3.8) is 0 Å². The summed E-state index contributed by atoms with van der Waals surface area (Å²) >= 11 is 3.00. The summed E-state index contributed by atoms with van der Waals surface area (Å²) in [5.74, 6) is -1.28. The second-order valence-electron chi connectivity index (χ2n) is 2.81. The molecule has 0 saturated carbocycles. The largest absolute Gasteiger partial charge is 0.506 e. The van der Waals surface area contributed by atoms with Gasteiger partial charge in [-0.1, -0.05) is 15.9 Å². The Hall–Kier alpha value is -1.24. The molecule has 4 nitrogen and oxygen atoms in total. The molecule has 0 amide bonds. The van der Waals surface area contributed by atoms with Gasteiger partial charge in [-0.25, -0.2) is 13.6 Å². The van der Waals surface area contributed by atoms with Crippen LogP contribution in [0.25, 0.3) is 0 Å². The van der Waals surface area contributed by atoms with E-state index in [1.54, 1.807) is 0 Å². The van der Waals surface area contributed by atoms with Crippen molar-refractivity contribution in [2.45, 2.75) is 11.8 Å². The molecule has 0 aromatic carbocycles. The summed E-state index contributed by atoms with van der Waals surface area (Å²) in [7, 11) is 1.07. The van der Waals surface area contributed by atoms with Gasteiger partial charge in [0.05, 0.1) is 18.9 Å². The van der Waals surface area contributed by atoms with E-state index in [4.69, 9.17) is 0 Å². The molecule has 7 heteroatoms. The van der Waals surface area contributed by atoms with Crippen LogP contribution < -0.4 is 0 Å². The SMILES string of the molecule is COC(=O)c1c(C(F)F)ncc(O)c1CBr. The lowest BCUT2D eigenvalue weighted by atomic mass is 10.1. The molecular weight excluding hydrogens is 288 g/mol. The number of aromatic hydroxyl groups is 1. The van der Waals surface area contributed by atoms with Crippen molar-refractivity contribution < 1.29 is 23.4 Å². The first-order valence-corrected chi connectivity index (χ1v) is 5.28. The zero-order valence-electron chi connectivity index (χ0n) is 8.21. The minimum Gasteiger partial charge on any atom is -0.506 e. The smallest absolute Gasteiger partial charge is 0.340 e. The lowest BCUT2D eigenvalue weighted by Gasteiger charge is -2.11. The number of carbonyl (C=O) groups is 1. The highest BCUT2D eigenvalue weighted by Crippen LogP contribution is 2.30. The number of nitrogens with zero attached hydrogens (tertiary/aromatic N) is 1. The highest BCUT2D eigenvalue weighted by atomic mass is 79.9. The van der Waals surface area contributed by atoms with Crippen molar-refractivity contribution in [2.75, 3.05) is 7.11 Å². The first-order valence-electron chi connectivity index (χ1n) is 4.16. The van der Waals surface area contributed by atoms with Crippen molar-refractivity contribution in [2.24, 2.45) is 0 Å². The van der Waals surface area contributed by atoms with E-state index in [0.29, 0.717) is 0 Å². The topological polar surface area (TPSA) is 59.4 Å². The van der Waals surface area contributed by atoms with Crippen molar-refractivity contribution in [1.82, 2.24) is 4.98 Å². The maximum atomic E-state index is 12.6. The Balaban J connectivity index is 3.47. The van der Waals surface area contributed by atoms with E-state index in [2.05, 4.69) is 25.7 Å². The Kier molecular flexibility index (Phi) is 4.17. The number of pyridine rings is 1. The van der Waals surface area contributed by atoms with Gasteiger partial charge >= 0.3 is 5.97 Å². The summed E-state index contributed by atoms with van der Waals surface area (Å²) in [6, 6.07) is 0. The average molecular weight is 296 g/mol. The summed E-state index contributed by atoms with van der Waals surface area (Å²) in [5.41, 5.74) is -1.05. The molecule has 1 aromatic rings. The molecule has 1 aromatic heterocycles. The Morgan fingerprint density at radius 2 is 2.31 bits per heavy atom. The quantitative estimate of drug-likeness (QED) is 0.687. The van der Waals surface area contributed by atoms with Crippen LogP contribution in [-0.4, -0.2) is 23.2 Å². The van der Waals surface area contributed by atoms with E-state index in [1.165, 1.54) is 0 Å². The summed E-state index contributed by atoms with van der Waals surface area (Å²) < 4.78 is 29.6. The van der Waals surface area contributed by atoms with Gasteiger partial charge in [0.2, 0.25) is 0 Å². The molecule has 0 spiro atoms. The minimum absolute atomic E-state index is 0.0390. The van der Waals surface area contributed by atoms with Crippen LogP contribution in [-0.2, 0) is 10.1 Å². The number of esters is 1. The van der Waals surface area contributed by atoms with Crippen LogP contribution in [0.1, 0.15) is 28.0 Å². The van der Waals surface area contributed by atoms with Crippen molar-refractivity contribution in [3.8, 4) is 5.75 Å². The fourth-order valence-electron chi connectivity index (χ4n) is 1.19. The maximum Gasteiger partial charge on any atom is 0.340 e. The van der Waals surface area contributed by atoms with Gasteiger partial charge in [-0.15, -0.1) is 0 Å². The summed E-state index contributed by atoms with van der Waals surface area (Å²) in [6.45, 7) is 0. The van der Waals surface area contributed by atoms with Gasteiger partial charge in [0, 0.05) is 10.9 Å². The number of hydrogen-bond acceptors (Lipinski definition) is 4. The van der Waals surface area contributed by atoms with E-state index in [1.807, 2.05) is 0 Å². The molecule has 1 heterocycles. The molecule has 1 N–H and O–H groups in total. The van der Waals surface area contributed by atoms with Crippen LogP contribution in [0, 0.1) is 0 Å². The number of halogens is 3. The van der Waals surface area contributed by atoms with E-state index >= 15 is 0 Å². The zero-order valence-corrected chi connectivity index (χ0v) is 9.79. The minimum atomic E-state index is -2.91. The highest BCUT2D eigenvalue weighted by Gasteiger charge is 2.25. The van der Waals surface area contributed by atoms with Crippen LogP contribution in [0.4, 0.5) is 8.78 Å². The molecule has 0 saturated heterocycles. The van der Waals surface area contributed by atoms with Gasteiger partial charge < -0.3 is 9.84 Å². The molecule has 0 fully saturated rings. The average Bonchev–Trinajstić information content (AvgIpc) is 2.27. The van der Waals surface area contributed by atoms with Crippen LogP contribution in [0.2, 0.25) is 0 Å². The van der Waals surface area contributed by atoms with Gasteiger partial charge in [-0.3, -0.25) is 4.98 Å². The van der Waals surface area contributed by atoms with Gasteiger partial charge in [-0.2, -0.15) is 0 Å². The monoisotopic (exact) mass is 295 g/mol. The second kappa shape index (κ2) is 5.20. The van der Waals surface area contributed by atoms with Crippen molar-refractivity contribution in [1.29, 1.82) is 0 Å². The standard InChI is InChI=1S/C9H8BrF2NO3/c1-16-9(15)6-4(2-10)5(14)3-13-7(6)8(11)12/h3,8,14H,2H2,1H3. The highest BCUT2D eigenvalue weighted by molar-refractivity contribution is 9.08. The zero-order chi connectivity index (χ0) is 12.3. The van der Waals surface area contributed by atoms with E-state index < -0.39 is 23.7 Å². The molecular formula is C9H8BrF2NO3. The Labute approximate surface area is 98.4 Å².